The van der Waals surface area contributed by atoms with E-state index in [0.717, 1.165) is 18.5 Å². The summed E-state index contributed by atoms with van der Waals surface area (Å²) in [5, 5.41) is 7.59. The van der Waals surface area contributed by atoms with Gasteiger partial charge in [0.25, 0.3) is 0 Å². The highest BCUT2D eigenvalue weighted by Crippen LogP contribution is 2.25. The molecule has 1 atom stereocenters. The van der Waals surface area contributed by atoms with Crippen LogP contribution in [-0.4, -0.2) is 15.1 Å². The van der Waals surface area contributed by atoms with E-state index in [1.165, 1.54) is 0 Å². The van der Waals surface area contributed by atoms with Gasteiger partial charge < -0.3 is 9.84 Å². The van der Waals surface area contributed by atoms with Crippen LogP contribution in [0.5, 0.6) is 0 Å². The minimum atomic E-state index is -0.0560. The SMILES string of the molecule is CCc1noc(C(CC)Nc2cccnc2Cl)n1. The van der Waals surface area contributed by atoms with E-state index in [9.17, 15) is 0 Å². The van der Waals surface area contributed by atoms with Crippen LogP contribution in [-0.2, 0) is 6.42 Å². The molecule has 0 aliphatic rings. The average molecular weight is 267 g/mol. The van der Waals surface area contributed by atoms with Gasteiger partial charge in [0.05, 0.1) is 5.69 Å². The van der Waals surface area contributed by atoms with Crippen molar-refractivity contribution in [3.05, 3.63) is 35.2 Å². The van der Waals surface area contributed by atoms with Crippen molar-refractivity contribution in [3.63, 3.8) is 0 Å². The van der Waals surface area contributed by atoms with Crippen molar-refractivity contribution in [2.24, 2.45) is 0 Å². The molecule has 0 saturated carbocycles. The molecule has 0 saturated heterocycles. The Bertz CT molecular complexity index is 514. The zero-order valence-corrected chi connectivity index (χ0v) is 11.1. The van der Waals surface area contributed by atoms with Crippen LogP contribution in [0.2, 0.25) is 5.15 Å². The minimum Gasteiger partial charge on any atom is -0.371 e. The molecular formula is C12H15ClN4O. The Morgan fingerprint density at radius 2 is 2.28 bits per heavy atom. The van der Waals surface area contributed by atoms with E-state index < -0.39 is 0 Å². The van der Waals surface area contributed by atoms with Crippen molar-refractivity contribution in [2.75, 3.05) is 5.32 Å². The van der Waals surface area contributed by atoms with E-state index in [1.54, 1.807) is 6.20 Å². The van der Waals surface area contributed by atoms with Gasteiger partial charge in [-0.1, -0.05) is 30.6 Å². The Hall–Kier alpha value is -1.62. The Kier molecular flexibility index (Phi) is 4.15. The zero-order chi connectivity index (χ0) is 13.0. The molecule has 96 valence electrons. The van der Waals surface area contributed by atoms with Crippen molar-refractivity contribution in [1.29, 1.82) is 0 Å². The van der Waals surface area contributed by atoms with E-state index in [1.807, 2.05) is 26.0 Å². The fourth-order valence-corrected chi connectivity index (χ4v) is 1.75. The van der Waals surface area contributed by atoms with Crippen molar-refractivity contribution in [2.45, 2.75) is 32.7 Å². The number of pyridine rings is 1. The van der Waals surface area contributed by atoms with Gasteiger partial charge in [-0.3, -0.25) is 0 Å². The molecule has 0 radical (unpaired) electrons. The molecule has 0 amide bonds. The molecule has 18 heavy (non-hydrogen) atoms. The first-order valence-corrected chi connectivity index (χ1v) is 6.31. The van der Waals surface area contributed by atoms with Crippen LogP contribution in [0.1, 0.15) is 38.0 Å². The van der Waals surface area contributed by atoms with E-state index >= 15 is 0 Å². The number of nitrogens with one attached hydrogen (secondary N) is 1. The number of rotatable bonds is 5. The predicted molar refractivity (Wildman–Crippen MR) is 69.6 cm³/mol. The van der Waals surface area contributed by atoms with Crippen molar-refractivity contribution >= 4 is 17.3 Å². The summed E-state index contributed by atoms with van der Waals surface area (Å²) in [6.07, 6.45) is 3.22. The number of halogens is 1. The van der Waals surface area contributed by atoms with Crippen LogP contribution >= 0.6 is 11.6 Å². The van der Waals surface area contributed by atoms with Gasteiger partial charge in [-0.15, -0.1) is 0 Å². The third-order valence-electron chi connectivity index (χ3n) is 2.60. The van der Waals surface area contributed by atoms with Crippen LogP contribution < -0.4 is 5.32 Å². The quantitative estimate of drug-likeness (QED) is 0.842. The van der Waals surface area contributed by atoms with Crippen molar-refractivity contribution in [3.8, 4) is 0 Å². The smallest absolute Gasteiger partial charge is 0.249 e. The van der Waals surface area contributed by atoms with E-state index in [2.05, 4.69) is 20.4 Å². The molecule has 0 aliphatic heterocycles. The first-order valence-electron chi connectivity index (χ1n) is 5.94. The fraction of sp³-hybridized carbons (Fsp3) is 0.417. The van der Waals surface area contributed by atoms with E-state index in [4.69, 9.17) is 16.1 Å². The summed E-state index contributed by atoms with van der Waals surface area (Å²) in [4.78, 5) is 8.34. The van der Waals surface area contributed by atoms with Gasteiger partial charge in [-0.2, -0.15) is 4.98 Å². The molecular weight excluding hydrogens is 252 g/mol. The Balaban J connectivity index is 2.17. The second kappa shape index (κ2) is 5.82. The van der Waals surface area contributed by atoms with Crippen LogP contribution in [0.25, 0.3) is 0 Å². The van der Waals surface area contributed by atoms with E-state index in [-0.39, 0.29) is 6.04 Å². The average Bonchev–Trinajstić information content (AvgIpc) is 2.86. The summed E-state index contributed by atoms with van der Waals surface area (Å²) in [6.45, 7) is 4.03. The highest BCUT2D eigenvalue weighted by Gasteiger charge is 2.17. The predicted octanol–water partition coefficient (Wildman–Crippen LogP) is 3.24. The lowest BCUT2D eigenvalue weighted by Gasteiger charge is -2.14. The summed E-state index contributed by atoms with van der Waals surface area (Å²) in [5.74, 6) is 1.29. The second-order valence-electron chi connectivity index (χ2n) is 3.85. The van der Waals surface area contributed by atoms with Crippen LogP contribution in [0, 0.1) is 0 Å². The molecule has 2 aromatic rings. The molecule has 0 spiro atoms. The third-order valence-corrected chi connectivity index (χ3v) is 2.90. The van der Waals surface area contributed by atoms with Crippen LogP contribution in [0.4, 0.5) is 5.69 Å². The first-order chi connectivity index (χ1) is 8.74. The summed E-state index contributed by atoms with van der Waals surface area (Å²) >= 11 is 6.00. The molecule has 1 unspecified atom stereocenters. The Morgan fingerprint density at radius 3 is 2.89 bits per heavy atom. The molecule has 2 rings (SSSR count). The molecule has 5 nitrogen and oxygen atoms in total. The summed E-state index contributed by atoms with van der Waals surface area (Å²) in [5.41, 5.74) is 0.766. The minimum absolute atomic E-state index is 0.0560. The molecule has 0 fully saturated rings. The van der Waals surface area contributed by atoms with Crippen molar-refractivity contribution < 1.29 is 4.52 Å². The van der Waals surface area contributed by atoms with E-state index in [0.29, 0.717) is 16.9 Å². The zero-order valence-electron chi connectivity index (χ0n) is 10.4. The second-order valence-corrected chi connectivity index (χ2v) is 4.21. The highest BCUT2D eigenvalue weighted by molar-refractivity contribution is 6.31. The topological polar surface area (TPSA) is 63.8 Å². The maximum absolute atomic E-state index is 6.00. The maximum atomic E-state index is 6.00. The molecule has 0 aromatic carbocycles. The lowest BCUT2D eigenvalue weighted by atomic mass is 10.2. The number of anilines is 1. The lowest BCUT2D eigenvalue weighted by Crippen LogP contribution is -2.10. The van der Waals surface area contributed by atoms with Crippen LogP contribution in [0.3, 0.4) is 0 Å². The van der Waals surface area contributed by atoms with Crippen LogP contribution in [0.15, 0.2) is 22.9 Å². The molecule has 0 aliphatic carbocycles. The number of hydrogen-bond acceptors (Lipinski definition) is 5. The summed E-state index contributed by atoms with van der Waals surface area (Å²) in [6, 6.07) is 3.64. The van der Waals surface area contributed by atoms with Gasteiger partial charge in [0, 0.05) is 12.6 Å². The molecule has 6 heteroatoms. The third kappa shape index (κ3) is 2.79. The number of nitrogens with zero attached hydrogens (tertiary/aromatic N) is 3. The maximum Gasteiger partial charge on any atom is 0.249 e. The van der Waals surface area contributed by atoms with Gasteiger partial charge in [0.1, 0.15) is 6.04 Å². The van der Waals surface area contributed by atoms with Gasteiger partial charge in [0.2, 0.25) is 5.89 Å². The monoisotopic (exact) mass is 266 g/mol. The fourth-order valence-electron chi connectivity index (χ4n) is 1.57. The van der Waals surface area contributed by atoms with Gasteiger partial charge >= 0.3 is 0 Å². The highest BCUT2D eigenvalue weighted by atomic mass is 35.5. The number of hydrogen-bond donors (Lipinski definition) is 1. The first kappa shape index (κ1) is 12.8. The van der Waals surface area contributed by atoms with Crippen molar-refractivity contribution in [1.82, 2.24) is 15.1 Å². The standard InChI is InChI=1S/C12H15ClN4O/c1-3-8(12-16-10(4-2)17-18-12)15-9-6-5-7-14-11(9)13/h5-8,15H,3-4H2,1-2H3. The molecule has 2 heterocycles. The lowest BCUT2D eigenvalue weighted by molar-refractivity contribution is 0.355. The Labute approximate surface area is 111 Å². The molecule has 1 N–H and O–H groups in total. The molecule has 2 aromatic heterocycles. The summed E-state index contributed by atoms with van der Waals surface area (Å²) in [7, 11) is 0. The molecule has 0 bridgehead atoms. The van der Waals surface area contributed by atoms with Gasteiger partial charge in [0.15, 0.2) is 11.0 Å². The Morgan fingerprint density at radius 1 is 1.44 bits per heavy atom. The van der Waals surface area contributed by atoms with Gasteiger partial charge in [-0.25, -0.2) is 4.98 Å². The number of aromatic nitrogens is 3. The normalized spacial score (nSPS) is 12.4. The largest absolute Gasteiger partial charge is 0.371 e. The van der Waals surface area contributed by atoms with Gasteiger partial charge in [-0.05, 0) is 18.6 Å². The number of aryl methyl sites for hydroxylation is 1. The summed E-state index contributed by atoms with van der Waals surface area (Å²) < 4.78 is 5.23.